The Labute approximate surface area is 98.4 Å². The van der Waals surface area contributed by atoms with Crippen molar-refractivity contribution in [2.75, 3.05) is 0 Å². The van der Waals surface area contributed by atoms with Crippen molar-refractivity contribution in [1.82, 2.24) is 9.97 Å². The van der Waals surface area contributed by atoms with Crippen molar-refractivity contribution < 1.29 is 5.11 Å². The van der Waals surface area contributed by atoms with Crippen LogP contribution in [0.3, 0.4) is 0 Å². The molecule has 3 nitrogen and oxygen atoms in total. The molecule has 0 spiro atoms. The lowest BCUT2D eigenvalue weighted by Crippen LogP contribution is -1.87. The fraction of sp³-hybridized carbons (Fsp3) is 0. The first-order valence-electron chi connectivity index (χ1n) is 5.34. The minimum atomic E-state index is 0.255. The molecule has 1 heterocycles. The molecule has 0 bridgehead atoms. The molecule has 0 unspecified atom stereocenters. The molecule has 0 saturated carbocycles. The second kappa shape index (κ2) is 3.87. The number of hydrogen-bond acceptors (Lipinski definition) is 3. The van der Waals surface area contributed by atoms with Gasteiger partial charge in [-0.05, 0) is 23.6 Å². The Bertz CT molecular complexity index is 665. The zero-order chi connectivity index (χ0) is 11.7. The Balaban J connectivity index is 2.26. The lowest BCUT2D eigenvalue weighted by atomic mass is 10.1. The third-order valence-electron chi connectivity index (χ3n) is 2.66. The van der Waals surface area contributed by atoms with E-state index in [0.29, 0.717) is 5.82 Å². The van der Waals surface area contributed by atoms with E-state index in [1.807, 2.05) is 30.3 Å². The lowest BCUT2D eigenvalue weighted by molar-refractivity contribution is 0.482. The van der Waals surface area contributed by atoms with Gasteiger partial charge in [0.2, 0.25) is 0 Å². The number of phenols is 1. The van der Waals surface area contributed by atoms with Gasteiger partial charge in [-0.3, -0.25) is 0 Å². The Kier molecular flexibility index (Phi) is 2.22. The van der Waals surface area contributed by atoms with Gasteiger partial charge in [-0.1, -0.05) is 24.3 Å². The van der Waals surface area contributed by atoms with Crippen LogP contribution >= 0.6 is 0 Å². The Morgan fingerprint density at radius 3 is 2.47 bits per heavy atom. The predicted octanol–water partition coefficient (Wildman–Crippen LogP) is 3.00. The highest BCUT2D eigenvalue weighted by Crippen LogP contribution is 2.29. The Morgan fingerprint density at radius 1 is 0.882 bits per heavy atom. The zero-order valence-electron chi connectivity index (χ0n) is 9.04. The van der Waals surface area contributed by atoms with Gasteiger partial charge in [0.25, 0.3) is 0 Å². The van der Waals surface area contributed by atoms with E-state index in [0.717, 1.165) is 16.3 Å². The Morgan fingerprint density at radius 2 is 1.65 bits per heavy atom. The highest BCUT2D eigenvalue weighted by molar-refractivity contribution is 5.91. The molecular formula is C14H10N2O. The van der Waals surface area contributed by atoms with Crippen molar-refractivity contribution in [2.45, 2.75) is 0 Å². The summed E-state index contributed by atoms with van der Waals surface area (Å²) in [7, 11) is 0. The number of aromatic hydroxyl groups is 1. The first kappa shape index (κ1) is 9.78. The van der Waals surface area contributed by atoms with E-state index in [2.05, 4.69) is 9.97 Å². The third-order valence-corrected chi connectivity index (χ3v) is 2.66. The van der Waals surface area contributed by atoms with Gasteiger partial charge in [0.15, 0.2) is 5.82 Å². The normalized spacial score (nSPS) is 10.6. The van der Waals surface area contributed by atoms with Crippen LogP contribution in [0.15, 0.2) is 54.9 Å². The van der Waals surface area contributed by atoms with E-state index in [1.54, 1.807) is 24.5 Å². The van der Waals surface area contributed by atoms with E-state index in [1.165, 1.54) is 0 Å². The molecule has 0 fully saturated rings. The van der Waals surface area contributed by atoms with Crippen molar-refractivity contribution in [1.29, 1.82) is 0 Å². The third kappa shape index (κ3) is 1.72. The first-order valence-corrected chi connectivity index (χ1v) is 5.34. The minimum absolute atomic E-state index is 0.255. The summed E-state index contributed by atoms with van der Waals surface area (Å²) in [5.41, 5.74) is 0.821. The second-order valence-electron chi connectivity index (χ2n) is 3.79. The minimum Gasteiger partial charge on any atom is -0.507 e. The largest absolute Gasteiger partial charge is 0.507 e. The molecule has 3 heteroatoms. The molecular weight excluding hydrogens is 212 g/mol. The highest BCUT2D eigenvalue weighted by atomic mass is 16.3. The molecule has 0 aliphatic rings. The quantitative estimate of drug-likeness (QED) is 0.688. The molecule has 0 aliphatic heterocycles. The average molecular weight is 222 g/mol. The van der Waals surface area contributed by atoms with Crippen molar-refractivity contribution >= 4 is 10.8 Å². The molecule has 0 atom stereocenters. The molecule has 0 saturated heterocycles. The summed E-state index contributed by atoms with van der Waals surface area (Å²) in [5.74, 6) is 0.874. The predicted molar refractivity (Wildman–Crippen MR) is 66.6 cm³/mol. The first-order chi connectivity index (χ1) is 8.34. The van der Waals surface area contributed by atoms with Crippen LogP contribution in [0.1, 0.15) is 0 Å². The monoisotopic (exact) mass is 222 g/mol. The topological polar surface area (TPSA) is 46.0 Å². The van der Waals surface area contributed by atoms with Crippen LogP contribution in [0.4, 0.5) is 0 Å². The lowest BCUT2D eigenvalue weighted by Gasteiger charge is -2.04. The zero-order valence-corrected chi connectivity index (χ0v) is 9.04. The summed E-state index contributed by atoms with van der Waals surface area (Å²) >= 11 is 0. The van der Waals surface area contributed by atoms with Crippen LogP contribution in [0.2, 0.25) is 0 Å². The molecule has 0 aliphatic carbocycles. The van der Waals surface area contributed by atoms with Gasteiger partial charge in [0, 0.05) is 23.3 Å². The number of benzene rings is 2. The van der Waals surface area contributed by atoms with Gasteiger partial charge >= 0.3 is 0 Å². The van der Waals surface area contributed by atoms with E-state index in [4.69, 9.17) is 0 Å². The molecule has 82 valence electrons. The summed E-state index contributed by atoms with van der Waals surface area (Å²) < 4.78 is 0. The number of phenolic OH excluding ortho intramolecular Hbond substituents is 1. The number of hydrogen-bond donors (Lipinski definition) is 1. The van der Waals surface area contributed by atoms with Crippen LogP contribution < -0.4 is 0 Å². The van der Waals surface area contributed by atoms with Crippen LogP contribution in [0, 0.1) is 0 Å². The maximum atomic E-state index is 9.96. The van der Waals surface area contributed by atoms with Gasteiger partial charge in [-0.2, -0.15) is 0 Å². The van der Waals surface area contributed by atoms with E-state index >= 15 is 0 Å². The molecule has 2 aromatic carbocycles. The van der Waals surface area contributed by atoms with Crippen molar-refractivity contribution in [3.8, 4) is 17.1 Å². The molecule has 3 aromatic rings. The maximum absolute atomic E-state index is 9.96. The standard InChI is InChI=1S/C14H10N2O/c17-13-9-11(14-15-6-3-7-16-14)8-10-4-1-2-5-12(10)13/h1-9,17H. The maximum Gasteiger partial charge on any atom is 0.159 e. The van der Waals surface area contributed by atoms with Crippen LogP contribution in [-0.4, -0.2) is 15.1 Å². The highest BCUT2D eigenvalue weighted by Gasteiger charge is 2.05. The smallest absolute Gasteiger partial charge is 0.159 e. The van der Waals surface area contributed by atoms with E-state index in [9.17, 15) is 5.11 Å². The van der Waals surface area contributed by atoms with Gasteiger partial charge in [0.05, 0.1) is 0 Å². The number of nitrogens with zero attached hydrogens (tertiary/aromatic N) is 2. The Hall–Kier alpha value is -2.42. The second-order valence-corrected chi connectivity index (χ2v) is 3.79. The van der Waals surface area contributed by atoms with Crippen molar-refractivity contribution in [3.63, 3.8) is 0 Å². The van der Waals surface area contributed by atoms with Crippen LogP contribution in [-0.2, 0) is 0 Å². The fourth-order valence-corrected chi connectivity index (χ4v) is 1.87. The van der Waals surface area contributed by atoms with E-state index in [-0.39, 0.29) is 5.75 Å². The average Bonchev–Trinajstić information content (AvgIpc) is 2.40. The number of rotatable bonds is 1. The van der Waals surface area contributed by atoms with Gasteiger partial charge in [0.1, 0.15) is 5.75 Å². The summed E-state index contributed by atoms with van der Waals surface area (Å²) in [6.07, 6.45) is 3.38. The molecule has 0 amide bonds. The van der Waals surface area contributed by atoms with Crippen molar-refractivity contribution in [2.24, 2.45) is 0 Å². The molecule has 1 aromatic heterocycles. The number of fused-ring (bicyclic) bond motifs is 1. The van der Waals surface area contributed by atoms with Gasteiger partial charge < -0.3 is 5.11 Å². The number of aromatic nitrogens is 2. The van der Waals surface area contributed by atoms with E-state index < -0.39 is 0 Å². The molecule has 1 N–H and O–H groups in total. The van der Waals surface area contributed by atoms with Crippen LogP contribution in [0.5, 0.6) is 5.75 Å². The van der Waals surface area contributed by atoms with Gasteiger partial charge in [-0.15, -0.1) is 0 Å². The fourth-order valence-electron chi connectivity index (χ4n) is 1.87. The summed E-state index contributed by atoms with van der Waals surface area (Å²) in [6, 6.07) is 13.1. The van der Waals surface area contributed by atoms with Gasteiger partial charge in [-0.25, -0.2) is 9.97 Å². The summed E-state index contributed by atoms with van der Waals surface area (Å²) in [4.78, 5) is 8.35. The summed E-state index contributed by atoms with van der Waals surface area (Å²) in [5, 5.41) is 11.8. The molecule has 3 rings (SSSR count). The summed E-state index contributed by atoms with van der Waals surface area (Å²) in [6.45, 7) is 0. The molecule has 17 heavy (non-hydrogen) atoms. The van der Waals surface area contributed by atoms with Crippen molar-refractivity contribution in [3.05, 3.63) is 54.9 Å². The SMILES string of the molecule is Oc1cc(-c2ncccn2)cc2ccccc12. The van der Waals surface area contributed by atoms with Crippen LogP contribution in [0.25, 0.3) is 22.2 Å². The molecule has 0 radical (unpaired) electrons.